The Balaban J connectivity index is 2.66. The van der Waals surface area contributed by atoms with E-state index in [1.807, 2.05) is 12.1 Å². The molecule has 0 N–H and O–H groups in total. The topological polar surface area (TPSA) is 30.9 Å². The number of likely N-dealkylation sites (N-methyl/N-ethyl adjacent to an activating group) is 1. The Bertz CT molecular complexity index is 401. The molecule has 0 saturated carbocycles. The fraction of sp³-hybridized carbons (Fsp3) is 0.625. The minimum Gasteiger partial charge on any atom is -0.493 e. The highest BCUT2D eigenvalue weighted by Gasteiger charge is 2.13. The molecular formula is C16H26ClNO3. The molecule has 0 fully saturated rings. The normalized spacial score (nSPS) is 10.8. The van der Waals surface area contributed by atoms with E-state index in [2.05, 4.69) is 11.9 Å². The van der Waals surface area contributed by atoms with Gasteiger partial charge in [0.25, 0.3) is 0 Å². The van der Waals surface area contributed by atoms with Crippen LogP contribution in [0.5, 0.6) is 17.2 Å². The summed E-state index contributed by atoms with van der Waals surface area (Å²) in [5.74, 6) is 2.79. The summed E-state index contributed by atoms with van der Waals surface area (Å²) in [5.41, 5.74) is 1.17. The maximum atomic E-state index is 5.70. The number of unbranched alkanes of at least 4 members (excludes halogenated alkanes) is 1. The quantitative estimate of drug-likeness (QED) is 0.490. The van der Waals surface area contributed by atoms with Gasteiger partial charge in [-0.25, -0.2) is 0 Å². The smallest absolute Gasteiger partial charge is 0.203 e. The summed E-state index contributed by atoms with van der Waals surface area (Å²) in [5, 5.41) is 0. The van der Waals surface area contributed by atoms with Gasteiger partial charge >= 0.3 is 0 Å². The molecule has 0 aliphatic carbocycles. The van der Waals surface area contributed by atoms with Crippen molar-refractivity contribution < 1.29 is 14.2 Å². The van der Waals surface area contributed by atoms with Crippen LogP contribution in [-0.4, -0.2) is 52.2 Å². The fourth-order valence-corrected chi connectivity index (χ4v) is 2.38. The molecule has 0 bridgehead atoms. The first-order valence-corrected chi connectivity index (χ1v) is 7.73. The molecule has 21 heavy (non-hydrogen) atoms. The van der Waals surface area contributed by atoms with Crippen LogP contribution in [0.15, 0.2) is 12.1 Å². The van der Waals surface area contributed by atoms with Crippen LogP contribution in [0.25, 0.3) is 0 Å². The van der Waals surface area contributed by atoms with Gasteiger partial charge in [0, 0.05) is 12.4 Å². The van der Waals surface area contributed by atoms with Gasteiger partial charge in [-0.05, 0) is 50.6 Å². The second-order valence-corrected chi connectivity index (χ2v) is 5.36. The van der Waals surface area contributed by atoms with Crippen molar-refractivity contribution in [2.45, 2.75) is 19.3 Å². The first-order chi connectivity index (χ1) is 10.2. The minimum atomic E-state index is 0.638. The van der Waals surface area contributed by atoms with Gasteiger partial charge in [0.2, 0.25) is 5.75 Å². The Kier molecular flexibility index (Phi) is 8.31. The highest BCUT2D eigenvalue weighted by molar-refractivity contribution is 6.17. The molecule has 0 heterocycles. The molecule has 0 amide bonds. The molecule has 0 atom stereocenters. The summed E-state index contributed by atoms with van der Waals surface area (Å²) in [4.78, 5) is 2.32. The van der Waals surface area contributed by atoms with Crippen molar-refractivity contribution in [3.8, 4) is 17.2 Å². The number of hydrogen-bond acceptors (Lipinski definition) is 4. The van der Waals surface area contributed by atoms with Crippen LogP contribution in [0.4, 0.5) is 0 Å². The van der Waals surface area contributed by atoms with E-state index in [0.29, 0.717) is 17.2 Å². The lowest BCUT2D eigenvalue weighted by Crippen LogP contribution is -2.22. The third-order valence-electron chi connectivity index (χ3n) is 3.43. The van der Waals surface area contributed by atoms with Crippen molar-refractivity contribution in [1.29, 1.82) is 0 Å². The van der Waals surface area contributed by atoms with E-state index in [1.54, 1.807) is 21.3 Å². The van der Waals surface area contributed by atoms with Crippen molar-refractivity contribution in [3.63, 3.8) is 0 Å². The maximum Gasteiger partial charge on any atom is 0.203 e. The summed E-state index contributed by atoms with van der Waals surface area (Å²) >= 11 is 5.70. The maximum absolute atomic E-state index is 5.70. The molecular weight excluding hydrogens is 290 g/mol. The van der Waals surface area contributed by atoms with Gasteiger partial charge in [-0.3, -0.25) is 0 Å². The first kappa shape index (κ1) is 17.9. The van der Waals surface area contributed by atoms with Crippen LogP contribution in [0.3, 0.4) is 0 Å². The molecule has 0 aromatic heterocycles. The van der Waals surface area contributed by atoms with Crippen LogP contribution >= 0.6 is 11.6 Å². The fourth-order valence-electron chi connectivity index (χ4n) is 2.19. The van der Waals surface area contributed by atoms with E-state index in [1.165, 1.54) is 5.56 Å². The summed E-state index contributed by atoms with van der Waals surface area (Å²) in [6.45, 7) is 2.05. The van der Waals surface area contributed by atoms with Crippen LogP contribution in [0.1, 0.15) is 18.4 Å². The zero-order valence-electron chi connectivity index (χ0n) is 13.4. The Hall–Kier alpha value is -1.13. The summed E-state index contributed by atoms with van der Waals surface area (Å²) < 4.78 is 16.1. The number of nitrogens with zero attached hydrogens (tertiary/aromatic N) is 1. The van der Waals surface area contributed by atoms with Gasteiger partial charge in [-0.1, -0.05) is 0 Å². The van der Waals surface area contributed by atoms with E-state index in [-0.39, 0.29) is 0 Å². The third kappa shape index (κ3) is 5.64. The second kappa shape index (κ2) is 9.74. The molecule has 4 nitrogen and oxygen atoms in total. The Morgan fingerprint density at radius 2 is 1.57 bits per heavy atom. The molecule has 1 rings (SSSR count). The molecule has 1 aromatic carbocycles. The SMILES string of the molecule is COc1cc(CCN(C)CCCCCl)cc(OC)c1OC. The van der Waals surface area contributed by atoms with Gasteiger partial charge in [-0.15, -0.1) is 11.6 Å². The number of rotatable bonds is 10. The monoisotopic (exact) mass is 315 g/mol. The number of benzene rings is 1. The standard InChI is InChI=1S/C16H26ClNO3/c1-18(9-6-5-8-17)10-7-13-11-14(19-2)16(21-4)15(12-13)20-3/h11-12H,5-10H2,1-4H3. The van der Waals surface area contributed by atoms with Gasteiger partial charge in [0.1, 0.15) is 0 Å². The van der Waals surface area contributed by atoms with Crippen molar-refractivity contribution >= 4 is 11.6 Å². The van der Waals surface area contributed by atoms with Crippen molar-refractivity contribution in [1.82, 2.24) is 4.90 Å². The van der Waals surface area contributed by atoms with E-state index in [9.17, 15) is 0 Å². The third-order valence-corrected chi connectivity index (χ3v) is 3.70. The summed E-state index contributed by atoms with van der Waals surface area (Å²) in [6.07, 6.45) is 3.14. The number of methoxy groups -OCH3 is 3. The zero-order valence-corrected chi connectivity index (χ0v) is 14.2. The van der Waals surface area contributed by atoms with Crippen LogP contribution in [0, 0.1) is 0 Å². The first-order valence-electron chi connectivity index (χ1n) is 7.19. The van der Waals surface area contributed by atoms with Gasteiger partial charge in [-0.2, -0.15) is 0 Å². The highest BCUT2D eigenvalue weighted by atomic mass is 35.5. The van der Waals surface area contributed by atoms with E-state index in [4.69, 9.17) is 25.8 Å². The number of halogens is 1. The number of hydrogen-bond donors (Lipinski definition) is 0. The van der Waals surface area contributed by atoms with Crippen LogP contribution in [-0.2, 0) is 6.42 Å². The van der Waals surface area contributed by atoms with Gasteiger partial charge in [0.15, 0.2) is 11.5 Å². The summed E-state index contributed by atoms with van der Waals surface area (Å²) in [7, 11) is 7.02. The largest absolute Gasteiger partial charge is 0.493 e. The zero-order chi connectivity index (χ0) is 15.7. The Labute approximate surface area is 132 Å². The molecule has 0 spiro atoms. The van der Waals surface area contributed by atoms with E-state index < -0.39 is 0 Å². The van der Waals surface area contributed by atoms with Crippen LogP contribution in [0.2, 0.25) is 0 Å². The Morgan fingerprint density at radius 1 is 0.952 bits per heavy atom. The second-order valence-electron chi connectivity index (χ2n) is 4.98. The number of alkyl halides is 1. The lowest BCUT2D eigenvalue weighted by molar-refractivity contribution is 0.320. The van der Waals surface area contributed by atoms with Crippen molar-refractivity contribution in [2.75, 3.05) is 47.3 Å². The predicted octanol–water partition coefficient (Wildman–Crippen LogP) is 3.21. The van der Waals surface area contributed by atoms with Crippen molar-refractivity contribution in [2.24, 2.45) is 0 Å². The predicted molar refractivity (Wildman–Crippen MR) is 87.3 cm³/mol. The van der Waals surface area contributed by atoms with Crippen molar-refractivity contribution in [3.05, 3.63) is 17.7 Å². The molecule has 120 valence electrons. The highest BCUT2D eigenvalue weighted by Crippen LogP contribution is 2.38. The molecule has 0 aliphatic heterocycles. The van der Waals surface area contributed by atoms with Gasteiger partial charge in [0.05, 0.1) is 21.3 Å². The molecule has 0 radical (unpaired) electrons. The Morgan fingerprint density at radius 3 is 2.05 bits per heavy atom. The molecule has 1 aromatic rings. The molecule has 0 saturated heterocycles. The molecule has 0 aliphatic rings. The summed E-state index contributed by atoms with van der Waals surface area (Å²) in [6, 6.07) is 4.02. The minimum absolute atomic E-state index is 0.638. The lowest BCUT2D eigenvalue weighted by atomic mass is 10.1. The molecule has 0 unspecified atom stereocenters. The lowest BCUT2D eigenvalue weighted by Gasteiger charge is -2.18. The van der Waals surface area contributed by atoms with Gasteiger partial charge < -0.3 is 19.1 Å². The average Bonchev–Trinajstić information content (AvgIpc) is 2.51. The van der Waals surface area contributed by atoms with Crippen LogP contribution < -0.4 is 14.2 Å². The van der Waals surface area contributed by atoms with E-state index >= 15 is 0 Å². The average molecular weight is 316 g/mol. The van der Waals surface area contributed by atoms with E-state index in [0.717, 1.165) is 38.2 Å². The number of ether oxygens (including phenoxy) is 3. The molecule has 5 heteroatoms.